The molecule has 0 saturated heterocycles. The second kappa shape index (κ2) is 5.35. The van der Waals surface area contributed by atoms with Gasteiger partial charge in [-0.25, -0.2) is 0 Å². The van der Waals surface area contributed by atoms with E-state index < -0.39 is 0 Å². The first-order valence-corrected chi connectivity index (χ1v) is 8.00. The number of hydrogen-bond acceptors (Lipinski definition) is 3. The lowest BCUT2D eigenvalue weighted by Crippen LogP contribution is -2.25. The molecule has 23 heavy (non-hydrogen) atoms. The Morgan fingerprint density at radius 3 is 2.65 bits per heavy atom. The van der Waals surface area contributed by atoms with Gasteiger partial charge in [-0.3, -0.25) is 9.78 Å². The maximum Gasteiger partial charge on any atom is 0.259 e. The number of rotatable bonds is 3. The molecule has 1 aliphatic rings. The molecular formula is C18H13BrN2O2. The van der Waals surface area contributed by atoms with Gasteiger partial charge in [-0.05, 0) is 51.8 Å². The molecule has 114 valence electrons. The maximum atomic E-state index is 12.8. The molecule has 0 saturated carbocycles. The number of benzene rings is 2. The molecule has 1 aromatic heterocycles. The zero-order chi connectivity index (χ0) is 16.0. The van der Waals surface area contributed by atoms with E-state index in [0.717, 1.165) is 32.4 Å². The van der Waals surface area contributed by atoms with Gasteiger partial charge in [-0.15, -0.1) is 0 Å². The highest BCUT2D eigenvalue weighted by molar-refractivity contribution is 9.10. The van der Waals surface area contributed by atoms with Gasteiger partial charge in [0.1, 0.15) is 5.75 Å². The van der Waals surface area contributed by atoms with Gasteiger partial charge in [-0.2, -0.15) is 0 Å². The van der Waals surface area contributed by atoms with Gasteiger partial charge >= 0.3 is 0 Å². The summed E-state index contributed by atoms with van der Waals surface area (Å²) in [6, 6.07) is 13.4. The van der Waals surface area contributed by atoms with Crippen LogP contribution >= 0.6 is 15.9 Å². The number of hydrogen-bond donors (Lipinski definition) is 0. The fraction of sp³-hybridized carbons (Fsp3) is 0.111. The van der Waals surface area contributed by atoms with Crippen LogP contribution in [0.5, 0.6) is 5.75 Å². The predicted molar refractivity (Wildman–Crippen MR) is 93.0 cm³/mol. The average molecular weight is 369 g/mol. The zero-order valence-corrected chi connectivity index (χ0v) is 14.0. The number of carbonyl (C=O) groups is 1. The molecule has 2 heterocycles. The Morgan fingerprint density at radius 1 is 1.13 bits per heavy atom. The summed E-state index contributed by atoms with van der Waals surface area (Å²) in [5.74, 6) is 0.821. The maximum absolute atomic E-state index is 12.8. The standard InChI is InChI=1S/C18H13BrN2O2/c1-23-12-4-2-11(3-5-12)10-21-15-7-6-14(19)17-16(15)13(18(21)22)8-9-20-17/h2-9H,10H2,1H3. The quantitative estimate of drug-likeness (QED) is 0.696. The molecular weight excluding hydrogens is 356 g/mol. The van der Waals surface area contributed by atoms with E-state index in [1.807, 2.05) is 36.4 Å². The molecule has 0 radical (unpaired) electrons. The second-order valence-corrected chi connectivity index (χ2v) is 6.24. The zero-order valence-electron chi connectivity index (χ0n) is 12.4. The van der Waals surface area contributed by atoms with E-state index in [0.29, 0.717) is 12.1 Å². The molecule has 3 aromatic rings. The lowest BCUT2D eigenvalue weighted by Gasteiger charge is -2.18. The summed E-state index contributed by atoms with van der Waals surface area (Å²) in [5.41, 5.74) is 3.49. The lowest BCUT2D eigenvalue weighted by atomic mass is 10.1. The van der Waals surface area contributed by atoms with Gasteiger partial charge in [0, 0.05) is 16.1 Å². The topological polar surface area (TPSA) is 42.4 Å². The van der Waals surface area contributed by atoms with Crippen LogP contribution in [0, 0.1) is 0 Å². The van der Waals surface area contributed by atoms with E-state index in [2.05, 4.69) is 20.9 Å². The number of carbonyl (C=O) groups excluding carboxylic acids is 1. The van der Waals surface area contributed by atoms with Crippen LogP contribution in [0.25, 0.3) is 10.9 Å². The molecule has 2 aromatic carbocycles. The molecule has 0 fully saturated rings. The first-order chi connectivity index (χ1) is 11.2. The molecule has 0 atom stereocenters. The third-order valence-corrected chi connectivity index (χ3v) is 4.73. The Balaban J connectivity index is 1.77. The minimum absolute atomic E-state index is 0.0151. The number of aromatic nitrogens is 1. The molecule has 0 bridgehead atoms. The van der Waals surface area contributed by atoms with E-state index in [9.17, 15) is 4.79 Å². The van der Waals surface area contributed by atoms with Crippen molar-refractivity contribution in [3.8, 4) is 5.75 Å². The van der Waals surface area contributed by atoms with Crippen LogP contribution in [0.15, 0.2) is 53.1 Å². The van der Waals surface area contributed by atoms with Gasteiger partial charge in [0.2, 0.25) is 0 Å². The second-order valence-electron chi connectivity index (χ2n) is 5.39. The Morgan fingerprint density at radius 2 is 1.91 bits per heavy atom. The molecule has 4 nitrogen and oxygen atoms in total. The van der Waals surface area contributed by atoms with Gasteiger partial charge in [0.15, 0.2) is 0 Å². The minimum atomic E-state index is 0.0151. The van der Waals surface area contributed by atoms with Gasteiger partial charge in [0.25, 0.3) is 5.91 Å². The summed E-state index contributed by atoms with van der Waals surface area (Å²) in [4.78, 5) is 19.0. The molecule has 0 N–H and O–H groups in total. The third kappa shape index (κ3) is 2.19. The number of amides is 1. The van der Waals surface area contributed by atoms with Crippen LogP contribution in [0.3, 0.4) is 0 Å². The summed E-state index contributed by atoms with van der Waals surface area (Å²) in [5, 5.41) is 0.917. The number of anilines is 1. The van der Waals surface area contributed by atoms with E-state index in [4.69, 9.17) is 4.74 Å². The Bertz CT molecular complexity index is 922. The first-order valence-electron chi connectivity index (χ1n) is 7.21. The third-order valence-electron chi connectivity index (χ3n) is 4.09. The van der Waals surface area contributed by atoms with Crippen molar-refractivity contribution >= 4 is 38.4 Å². The van der Waals surface area contributed by atoms with Crippen LogP contribution in [0.4, 0.5) is 5.69 Å². The summed E-state index contributed by atoms with van der Waals surface area (Å²) in [6.45, 7) is 0.522. The van der Waals surface area contributed by atoms with Crippen LogP contribution in [0.1, 0.15) is 15.9 Å². The molecule has 4 rings (SSSR count). The van der Waals surface area contributed by atoms with Crippen molar-refractivity contribution in [2.45, 2.75) is 6.54 Å². The van der Waals surface area contributed by atoms with E-state index >= 15 is 0 Å². The Kier molecular flexibility index (Phi) is 3.31. The van der Waals surface area contributed by atoms with E-state index in [1.165, 1.54) is 0 Å². The molecule has 1 aliphatic heterocycles. The van der Waals surface area contributed by atoms with E-state index in [1.54, 1.807) is 24.3 Å². The number of nitrogens with zero attached hydrogens (tertiary/aromatic N) is 2. The Hall–Kier alpha value is -2.40. The van der Waals surface area contributed by atoms with Crippen LogP contribution < -0.4 is 9.64 Å². The molecule has 1 amide bonds. The molecule has 0 spiro atoms. The van der Waals surface area contributed by atoms with E-state index in [-0.39, 0.29) is 5.91 Å². The summed E-state index contributed by atoms with van der Waals surface area (Å²) < 4.78 is 6.08. The fourth-order valence-electron chi connectivity index (χ4n) is 2.94. The van der Waals surface area contributed by atoms with Crippen LogP contribution in [-0.2, 0) is 6.54 Å². The average Bonchev–Trinajstić information content (AvgIpc) is 2.86. The van der Waals surface area contributed by atoms with Crippen molar-refractivity contribution in [1.29, 1.82) is 0 Å². The number of halogens is 1. The predicted octanol–water partition coefficient (Wildman–Crippen LogP) is 4.17. The van der Waals surface area contributed by atoms with Crippen LogP contribution in [-0.4, -0.2) is 18.0 Å². The molecule has 0 aliphatic carbocycles. The van der Waals surface area contributed by atoms with Gasteiger partial charge in [0.05, 0.1) is 30.4 Å². The summed E-state index contributed by atoms with van der Waals surface area (Å²) in [7, 11) is 1.64. The van der Waals surface area contributed by atoms with Crippen molar-refractivity contribution in [3.05, 3.63) is 64.3 Å². The molecule has 0 unspecified atom stereocenters. The van der Waals surface area contributed by atoms with Crippen molar-refractivity contribution < 1.29 is 9.53 Å². The van der Waals surface area contributed by atoms with Crippen molar-refractivity contribution in [2.75, 3.05) is 12.0 Å². The monoisotopic (exact) mass is 368 g/mol. The summed E-state index contributed by atoms with van der Waals surface area (Å²) >= 11 is 3.51. The highest BCUT2D eigenvalue weighted by atomic mass is 79.9. The molecule has 5 heteroatoms. The summed E-state index contributed by atoms with van der Waals surface area (Å²) in [6.07, 6.45) is 1.68. The van der Waals surface area contributed by atoms with Gasteiger partial charge in [-0.1, -0.05) is 12.1 Å². The SMILES string of the molecule is COc1ccc(CN2C(=O)c3ccnc4c(Br)ccc2c34)cc1. The van der Waals surface area contributed by atoms with Crippen molar-refractivity contribution in [3.63, 3.8) is 0 Å². The van der Waals surface area contributed by atoms with Crippen LogP contribution in [0.2, 0.25) is 0 Å². The largest absolute Gasteiger partial charge is 0.497 e. The first kappa shape index (κ1) is 14.2. The smallest absolute Gasteiger partial charge is 0.259 e. The fourth-order valence-corrected chi connectivity index (χ4v) is 3.38. The highest BCUT2D eigenvalue weighted by Gasteiger charge is 2.30. The lowest BCUT2D eigenvalue weighted by molar-refractivity contribution is 0.0991. The number of ether oxygens (including phenoxy) is 1. The Labute approximate surface area is 141 Å². The number of pyridine rings is 1. The van der Waals surface area contributed by atoms with Gasteiger partial charge < -0.3 is 9.64 Å². The van der Waals surface area contributed by atoms with Crippen molar-refractivity contribution in [1.82, 2.24) is 4.98 Å². The minimum Gasteiger partial charge on any atom is -0.497 e. The van der Waals surface area contributed by atoms with Crippen molar-refractivity contribution in [2.24, 2.45) is 0 Å². The normalized spacial score (nSPS) is 13.0. The highest BCUT2D eigenvalue weighted by Crippen LogP contribution is 2.40. The number of methoxy groups -OCH3 is 1.